The molecular formula is C8H14O5. The van der Waals surface area contributed by atoms with Gasteiger partial charge in [0.05, 0.1) is 0 Å². The summed E-state index contributed by atoms with van der Waals surface area (Å²) in [4.78, 5) is 0. The quantitative estimate of drug-likeness (QED) is 0.622. The van der Waals surface area contributed by atoms with Crippen molar-refractivity contribution in [2.45, 2.75) is 44.4 Å². The predicted molar refractivity (Wildman–Crippen MR) is 41.7 cm³/mol. The second-order valence-electron chi connectivity index (χ2n) is 3.70. The van der Waals surface area contributed by atoms with Crippen LogP contribution in [-0.2, 0) is 18.9 Å². The molecule has 5 nitrogen and oxygen atoms in total. The number of hydrogen-bond acceptors (Lipinski definition) is 5. The molecule has 0 saturated carbocycles. The maximum absolute atomic E-state index is 9.64. The van der Waals surface area contributed by atoms with Gasteiger partial charge in [-0.15, -0.1) is 0 Å². The fourth-order valence-electron chi connectivity index (χ4n) is 1.66. The number of ether oxygens (including phenoxy) is 4. The zero-order chi connectivity index (χ0) is 9.64. The van der Waals surface area contributed by atoms with Gasteiger partial charge in [0.25, 0.3) is 0 Å². The first kappa shape index (κ1) is 9.36. The van der Waals surface area contributed by atoms with E-state index in [0.717, 1.165) is 0 Å². The standard InChI is InChI=1S/C8H14O5/c1-8(2)12-5-4(9)6(10-3)11-7(5)13-8/h4-7,9H,1-3H3/t4-,5-,6+,7-/m1/s1. The van der Waals surface area contributed by atoms with Gasteiger partial charge in [-0.3, -0.25) is 0 Å². The van der Waals surface area contributed by atoms with Crippen LogP contribution in [0.4, 0.5) is 0 Å². The fourth-order valence-corrected chi connectivity index (χ4v) is 1.66. The van der Waals surface area contributed by atoms with Crippen LogP contribution in [0.15, 0.2) is 0 Å². The maximum atomic E-state index is 9.64. The number of aliphatic hydroxyl groups is 1. The van der Waals surface area contributed by atoms with Crippen LogP contribution >= 0.6 is 0 Å². The summed E-state index contributed by atoms with van der Waals surface area (Å²) in [5.74, 6) is -0.685. The van der Waals surface area contributed by atoms with Crippen LogP contribution < -0.4 is 0 Å². The fraction of sp³-hybridized carbons (Fsp3) is 1.00. The van der Waals surface area contributed by atoms with Gasteiger partial charge in [-0.1, -0.05) is 0 Å². The molecule has 2 saturated heterocycles. The summed E-state index contributed by atoms with van der Waals surface area (Å²) < 4.78 is 21.0. The van der Waals surface area contributed by atoms with Gasteiger partial charge in [0.2, 0.25) is 0 Å². The van der Waals surface area contributed by atoms with Crippen molar-refractivity contribution in [3.63, 3.8) is 0 Å². The van der Waals surface area contributed by atoms with Gasteiger partial charge in [0.1, 0.15) is 12.2 Å². The SMILES string of the molecule is CO[C@H]1O[C@@H]2OC(C)(C)O[C@@H]2[C@H]1O. The average Bonchev–Trinajstić information content (AvgIpc) is 2.47. The minimum absolute atomic E-state index is 0.444. The second kappa shape index (κ2) is 2.90. The van der Waals surface area contributed by atoms with Gasteiger partial charge >= 0.3 is 0 Å². The van der Waals surface area contributed by atoms with Crippen molar-refractivity contribution >= 4 is 0 Å². The summed E-state index contributed by atoms with van der Waals surface area (Å²) in [6, 6.07) is 0. The van der Waals surface area contributed by atoms with Gasteiger partial charge in [0, 0.05) is 7.11 Å². The Balaban J connectivity index is 2.07. The molecule has 0 amide bonds. The molecule has 2 fully saturated rings. The topological polar surface area (TPSA) is 57.2 Å². The van der Waals surface area contributed by atoms with Crippen LogP contribution in [-0.4, -0.2) is 42.8 Å². The monoisotopic (exact) mass is 190 g/mol. The van der Waals surface area contributed by atoms with Gasteiger partial charge in [-0.2, -0.15) is 0 Å². The Labute approximate surface area is 76.5 Å². The van der Waals surface area contributed by atoms with Gasteiger partial charge in [-0.25, -0.2) is 0 Å². The van der Waals surface area contributed by atoms with Gasteiger partial charge in [0.15, 0.2) is 18.4 Å². The lowest BCUT2D eigenvalue weighted by atomic mass is 10.2. The van der Waals surface area contributed by atoms with E-state index in [-0.39, 0.29) is 0 Å². The van der Waals surface area contributed by atoms with Crippen molar-refractivity contribution in [2.24, 2.45) is 0 Å². The zero-order valence-corrected chi connectivity index (χ0v) is 7.89. The molecule has 0 spiro atoms. The zero-order valence-electron chi connectivity index (χ0n) is 7.89. The molecule has 0 aromatic heterocycles. The summed E-state index contributed by atoms with van der Waals surface area (Å²) >= 11 is 0. The molecule has 76 valence electrons. The molecule has 0 unspecified atom stereocenters. The number of methoxy groups -OCH3 is 1. The first-order valence-electron chi connectivity index (χ1n) is 4.25. The number of rotatable bonds is 1. The van der Waals surface area contributed by atoms with Crippen LogP contribution in [0.5, 0.6) is 0 Å². The van der Waals surface area contributed by atoms with E-state index in [0.29, 0.717) is 0 Å². The molecule has 2 heterocycles. The lowest BCUT2D eigenvalue weighted by Gasteiger charge is -2.21. The highest BCUT2D eigenvalue weighted by atomic mass is 16.9. The molecule has 1 N–H and O–H groups in total. The molecular weight excluding hydrogens is 176 g/mol. The first-order valence-corrected chi connectivity index (χ1v) is 4.25. The summed E-state index contributed by atoms with van der Waals surface area (Å²) in [7, 11) is 1.47. The normalized spacial score (nSPS) is 48.0. The van der Waals surface area contributed by atoms with Crippen molar-refractivity contribution in [1.29, 1.82) is 0 Å². The summed E-state index contributed by atoms with van der Waals surface area (Å²) in [5.41, 5.74) is 0. The molecule has 0 bridgehead atoms. The number of aliphatic hydroxyl groups excluding tert-OH is 1. The Morgan fingerprint density at radius 1 is 1.31 bits per heavy atom. The number of hydrogen-bond donors (Lipinski definition) is 1. The third-order valence-electron chi connectivity index (χ3n) is 2.20. The molecule has 5 heteroatoms. The van der Waals surface area contributed by atoms with E-state index in [1.54, 1.807) is 13.8 Å². The van der Waals surface area contributed by atoms with E-state index >= 15 is 0 Å². The van der Waals surface area contributed by atoms with E-state index in [1.807, 2.05) is 0 Å². The number of fused-ring (bicyclic) bond motifs is 1. The van der Waals surface area contributed by atoms with E-state index in [2.05, 4.69) is 0 Å². The molecule has 0 aromatic carbocycles. The lowest BCUT2D eigenvalue weighted by Crippen LogP contribution is -2.35. The van der Waals surface area contributed by atoms with E-state index in [9.17, 15) is 5.11 Å². The highest BCUT2D eigenvalue weighted by molar-refractivity contribution is 4.89. The Kier molecular flexibility index (Phi) is 2.08. The van der Waals surface area contributed by atoms with Crippen molar-refractivity contribution in [3.05, 3.63) is 0 Å². The minimum Gasteiger partial charge on any atom is -0.385 e. The predicted octanol–water partition coefficient (Wildman–Crippen LogP) is -0.172. The van der Waals surface area contributed by atoms with E-state index in [4.69, 9.17) is 18.9 Å². The van der Waals surface area contributed by atoms with Crippen LogP contribution in [0, 0.1) is 0 Å². The summed E-state index contributed by atoms with van der Waals surface area (Å²) in [6.07, 6.45) is -2.39. The smallest absolute Gasteiger partial charge is 0.193 e. The van der Waals surface area contributed by atoms with Crippen LogP contribution in [0.2, 0.25) is 0 Å². The van der Waals surface area contributed by atoms with E-state index in [1.165, 1.54) is 7.11 Å². The first-order chi connectivity index (χ1) is 6.03. The molecule has 0 radical (unpaired) electrons. The second-order valence-corrected chi connectivity index (χ2v) is 3.70. The van der Waals surface area contributed by atoms with Crippen LogP contribution in [0.25, 0.3) is 0 Å². The van der Waals surface area contributed by atoms with Crippen molar-refractivity contribution in [1.82, 2.24) is 0 Å². The molecule has 2 aliphatic heterocycles. The average molecular weight is 190 g/mol. The van der Waals surface area contributed by atoms with Gasteiger partial charge < -0.3 is 24.1 Å². The van der Waals surface area contributed by atoms with Crippen LogP contribution in [0.1, 0.15) is 13.8 Å². The molecule has 2 rings (SSSR count). The van der Waals surface area contributed by atoms with Gasteiger partial charge in [-0.05, 0) is 13.8 Å². The maximum Gasteiger partial charge on any atom is 0.193 e. The molecule has 13 heavy (non-hydrogen) atoms. The molecule has 2 aliphatic rings. The summed E-state index contributed by atoms with van der Waals surface area (Å²) in [6.45, 7) is 3.56. The van der Waals surface area contributed by atoms with E-state index < -0.39 is 30.6 Å². The Morgan fingerprint density at radius 2 is 2.00 bits per heavy atom. The highest BCUT2D eigenvalue weighted by Crippen LogP contribution is 2.37. The Morgan fingerprint density at radius 3 is 2.54 bits per heavy atom. The summed E-state index contributed by atoms with van der Waals surface area (Å²) in [5, 5.41) is 9.64. The third-order valence-corrected chi connectivity index (χ3v) is 2.20. The molecule has 0 aromatic rings. The molecule has 4 atom stereocenters. The minimum atomic E-state index is -0.781. The van der Waals surface area contributed by atoms with Crippen LogP contribution in [0.3, 0.4) is 0 Å². The van der Waals surface area contributed by atoms with Crippen molar-refractivity contribution in [2.75, 3.05) is 7.11 Å². The Hall–Kier alpha value is -0.200. The van der Waals surface area contributed by atoms with Crippen molar-refractivity contribution in [3.8, 4) is 0 Å². The largest absolute Gasteiger partial charge is 0.385 e. The lowest BCUT2D eigenvalue weighted by molar-refractivity contribution is -0.255. The van der Waals surface area contributed by atoms with Crippen molar-refractivity contribution < 1.29 is 24.1 Å². The highest BCUT2D eigenvalue weighted by Gasteiger charge is 2.54. The molecule has 0 aliphatic carbocycles. The Bertz CT molecular complexity index is 205. The third kappa shape index (κ3) is 1.47.